The van der Waals surface area contributed by atoms with E-state index >= 15 is 0 Å². The summed E-state index contributed by atoms with van der Waals surface area (Å²) in [5, 5.41) is 7.39. The predicted octanol–water partition coefficient (Wildman–Crippen LogP) is 16.0. The van der Waals surface area contributed by atoms with E-state index in [1.165, 1.54) is 104 Å². The van der Waals surface area contributed by atoms with Crippen LogP contribution in [0.5, 0.6) is 0 Å². The van der Waals surface area contributed by atoms with Crippen molar-refractivity contribution in [3.63, 3.8) is 0 Å². The van der Waals surface area contributed by atoms with Gasteiger partial charge in [-0.2, -0.15) is 0 Å². The van der Waals surface area contributed by atoms with Gasteiger partial charge in [-0.05, 0) is 99.1 Å². The van der Waals surface area contributed by atoms with Crippen molar-refractivity contribution >= 4 is 65.4 Å². The first kappa shape index (κ1) is 34.3. The molecule has 0 bridgehead atoms. The second-order valence-electron chi connectivity index (χ2n) is 16.8. The molecule has 0 fully saturated rings. The Labute approximate surface area is 363 Å². The number of hydrogen-bond donors (Lipinski definition) is 0. The maximum Gasteiger partial charge on any atom is 0.0803 e. The predicted molar refractivity (Wildman–Crippen MR) is 265 cm³/mol. The minimum Gasteiger partial charge on any atom is -0.309 e. The molecule has 63 heavy (non-hydrogen) atoms. The van der Waals surface area contributed by atoms with Crippen molar-refractivity contribution in [1.82, 2.24) is 13.7 Å². The van der Waals surface area contributed by atoms with Crippen molar-refractivity contribution in [1.29, 1.82) is 0 Å². The van der Waals surface area contributed by atoms with Gasteiger partial charge in [-0.1, -0.05) is 170 Å². The molecular formula is C60H37N3. The molecule has 0 saturated carbocycles. The van der Waals surface area contributed by atoms with Crippen LogP contribution in [0, 0.1) is 0 Å². The lowest BCUT2D eigenvalue weighted by atomic mass is 9.81. The molecule has 1 aliphatic carbocycles. The summed E-state index contributed by atoms with van der Waals surface area (Å²) in [7, 11) is 0. The van der Waals surface area contributed by atoms with E-state index < -0.39 is 0 Å². The third kappa shape index (κ3) is 4.74. The van der Waals surface area contributed by atoms with Gasteiger partial charge in [0, 0.05) is 38.0 Å². The van der Waals surface area contributed by atoms with Crippen LogP contribution in [0.1, 0.15) is 0 Å². The van der Waals surface area contributed by atoms with E-state index in [2.05, 4.69) is 238 Å². The molecule has 3 heteroatoms. The fraction of sp³-hybridized carbons (Fsp3) is 0. The monoisotopic (exact) mass is 799 g/mol. The summed E-state index contributed by atoms with van der Waals surface area (Å²) in [6.45, 7) is 0. The highest BCUT2D eigenvalue weighted by Crippen LogP contribution is 2.49. The summed E-state index contributed by atoms with van der Waals surface area (Å²) < 4.78 is 7.53. The molecule has 0 aliphatic heterocycles. The summed E-state index contributed by atoms with van der Waals surface area (Å²) >= 11 is 0. The minimum absolute atomic E-state index is 1.12. The summed E-state index contributed by atoms with van der Waals surface area (Å²) in [6.07, 6.45) is 0. The topological polar surface area (TPSA) is 14.8 Å². The molecule has 0 radical (unpaired) electrons. The van der Waals surface area contributed by atoms with Gasteiger partial charge in [-0.3, -0.25) is 0 Å². The van der Waals surface area contributed by atoms with Crippen LogP contribution in [0.25, 0.3) is 127 Å². The van der Waals surface area contributed by atoms with Crippen LogP contribution in [-0.4, -0.2) is 13.7 Å². The highest BCUT2D eigenvalue weighted by atomic mass is 15.1. The molecule has 0 unspecified atom stereocenters. The Kier molecular flexibility index (Phi) is 7.11. The quantitative estimate of drug-likeness (QED) is 0.169. The van der Waals surface area contributed by atoms with E-state index in [1.54, 1.807) is 0 Å². The number of hydrogen-bond acceptors (Lipinski definition) is 0. The second kappa shape index (κ2) is 13.1. The van der Waals surface area contributed by atoms with Crippen molar-refractivity contribution in [2.75, 3.05) is 0 Å². The Morgan fingerprint density at radius 1 is 0.222 bits per heavy atom. The zero-order valence-corrected chi connectivity index (χ0v) is 34.2. The van der Waals surface area contributed by atoms with Crippen molar-refractivity contribution in [3.8, 4) is 61.6 Å². The highest BCUT2D eigenvalue weighted by Gasteiger charge is 2.27. The van der Waals surface area contributed by atoms with E-state index in [9.17, 15) is 0 Å². The zero-order valence-electron chi connectivity index (χ0n) is 34.2. The molecule has 3 heterocycles. The molecule has 3 nitrogen and oxygen atoms in total. The van der Waals surface area contributed by atoms with Gasteiger partial charge < -0.3 is 13.7 Å². The van der Waals surface area contributed by atoms with Crippen LogP contribution < -0.4 is 0 Å². The van der Waals surface area contributed by atoms with Gasteiger partial charge in [0.25, 0.3) is 0 Å². The molecule has 0 spiro atoms. The number of nitrogens with zero attached hydrogens (tertiary/aromatic N) is 3. The summed E-state index contributed by atoms with van der Waals surface area (Å²) in [4.78, 5) is 0. The number of aromatic nitrogens is 3. The van der Waals surface area contributed by atoms with Gasteiger partial charge in [-0.15, -0.1) is 0 Å². The molecule has 10 aromatic carbocycles. The molecule has 292 valence electrons. The van der Waals surface area contributed by atoms with Crippen molar-refractivity contribution in [3.05, 3.63) is 224 Å². The maximum absolute atomic E-state index is 2.54. The van der Waals surface area contributed by atoms with Crippen LogP contribution in [0.2, 0.25) is 0 Å². The average Bonchev–Trinajstić information content (AvgIpc) is 3.99. The second-order valence-corrected chi connectivity index (χ2v) is 16.8. The van der Waals surface area contributed by atoms with Crippen LogP contribution in [0.3, 0.4) is 0 Å². The minimum atomic E-state index is 1.12. The molecule has 13 aromatic rings. The van der Waals surface area contributed by atoms with Crippen LogP contribution in [0.4, 0.5) is 0 Å². The first-order chi connectivity index (χ1) is 31.3. The van der Waals surface area contributed by atoms with Gasteiger partial charge in [-0.25, -0.2) is 0 Å². The van der Waals surface area contributed by atoms with E-state index in [4.69, 9.17) is 0 Å². The molecular weight excluding hydrogens is 763 g/mol. The Hall–Kier alpha value is -8.40. The molecule has 0 saturated heterocycles. The van der Waals surface area contributed by atoms with Gasteiger partial charge in [0.05, 0.1) is 44.5 Å². The van der Waals surface area contributed by atoms with E-state index in [1.807, 2.05) is 0 Å². The Morgan fingerprint density at radius 2 is 0.571 bits per heavy atom. The first-order valence-corrected chi connectivity index (χ1v) is 21.8. The lowest BCUT2D eigenvalue weighted by Crippen LogP contribution is -2.05. The van der Waals surface area contributed by atoms with Gasteiger partial charge in [0.1, 0.15) is 0 Å². The number of benzene rings is 10. The normalized spacial score (nSPS) is 12.1. The SMILES string of the molecule is c1ccc2c(c1)-c1ccccc1-c1ccc(-n3c4ccccc4c4c(-n5c6ccccc6c6ccccc65)c(-n5c6ccccc6c6ccccc65)ccc43)cc1-c1ccccc1-2. The zero-order chi connectivity index (χ0) is 41.2. The van der Waals surface area contributed by atoms with E-state index in [0.29, 0.717) is 0 Å². The number of fused-ring (bicyclic) bond motifs is 17. The first-order valence-electron chi connectivity index (χ1n) is 21.8. The number of rotatable bonds is 3. The fourth-order valence-corrected chi connectivity index (χ4v) is 11.0. The van der Waals surface area contributed by atoms with Crippen molar-refractivity contribution < 1.29 is 0 Å². The molecule has 0 amide bonds. The average molecular weight is 800 g/mol. The number of para-hydroxylation sites is 5. The molecule has 0 N–H and O–H groups in total. The van der Waals surface area contributed by atoms with Gasteiger partial charge in [0.15, 0.2) is 0 Å². The Morgan fingerprint density at radius 3 is 1.03 bits per heavy atom. The molecule has 0 atom stereocenters. The van der Waals surface area contributed by atoms with Crippen molar-refractivity contribution in [2.45, 2.75) is 0 Å². The largest absolute Gasteiger partial charge is 0.309 e. The summed E-state index contributed by atoms with van der Waals surface area (Å²) in [5.74, 6) is 0. The third-order valence-electron chi connectivity index (χ3n) is 13.6. The van der Waals surface area contributed by atoms with Gasteiger partial charge in [0.2, 0.25) is 0 Å². The maximum atomic E-state index is 2.54. The Bertz CT molecular complexity index is 3930. The fourth-order valence-electron chi connectivity index (χ4n) is 11.0. The third-order valence-corrected chi connectivity index (χ3v) is 13.6. The standard InChI is InChI=1S/C60H37N3/c1-2-18-40-39(17-1)41-19-3-4-21-43(41)45-34-33-38(37-51(45)44-22-6-5-20-42(40)44)61-56-32-16-11-27-50(56)59-57(61)35-36-58(62-52-28-12-7-23-46(52)47-24-8-13-29-53(47)62)60(59)63-54-30-14-9-25-48(54)49-26-10-15-31-55(49)63/h1-37H. The lowest BCUT2D eigenvalue weighted by molar-refractivity contribution is 1.10. The summed E-state index contributed by atoms with van der Waals surface area (Å²) in [5.41, 5.74) is 20.4. The van der Waals surface area contributed by atoms with E-state index in [-0.39, 0.29) is 0 Å². The molecule has 1 aliphatic rings. The van der Waals surface area contributed by atoms with Crippen molar-refractivity contribution in [2.24, 2.45) is 0 Å². The van der Waals surface area contributed by atoms with Crippen LogP contribution >= 0.6 is 0 Å². The highest BCUT2D eigenvalue weighted by molar-refractivity contribution is 6.19. The summed E-state index contributed by atoms with van der Waals surface area (Å²) in [6, 6.07) is 83.0. The van der Waals surface area contributed by atoms with Crippen LogP contribution in [-0.2, 0) is 0 Å². The van der Waals surface area contributed by atoms with Gasteiger partial charge >= 0.3 is 0 Å². The van der Waals surface area contributed by atoms with Crippen LogP contribution in [0.15, 0.2) is 224 Å². The molecule has 14 rings (SSSR count). The molecule has 3 aromatic heterocycles. The Balaban J connectivity index is 1.13. The smallest absolute Gasteiger partial charge is 0.0803 e. The van der Waals surface area contributed by atoms with E-state index in [0.717, 1.165) is 22.6 Å². The lowest BCUT2D eigenvalue weighted by Gasteiger charge is -2.24.